The van der Waals surface area contributed by atoms with E-state index < -0.39 is 6.23 Å². The monoisotopic (exact) mass is 484 g/mol. The van der Waals surface area contributed by atoms with Crippen molar-refractivity contribution in [1.82, 2.24) is 15.2 Å². The molecule has 1 amide bonds. The summed E-state index contributed by atoms with van der Waals surface area (Å²) in [6, 6.07) is 15.3. The van der Waals surface area contributed by atoms with E-state index in [1.807, 2.05) is 48.5 Å². The van der Waals surface area contributed by atoms with Crippen molar-refractivity contribution in [2.75, 3.05) is 10.7 Å². The number of para-hydroxylation sites is 1. The molecular weight excluding hydrogens is 464 g/mol. The number of ether oxygens (including phenoxy) is 1. The van der Waals surface area contributed by atoms with Crippen LogP contribution >= 0.6 is 27.7 Å². The van der Waals surface area contributed by atoms with Gasteiger partial charge >= 0.3 is 0 Å². The number of hydrogen-bond donors (Lipinski definition) is 0. The van der Waals surface area contributed by atoms with Gasteiger partial charge in [-0.25, -0.2) is 0 Å². The van der Waals surface area contributed by atoms with Crippen LogP contribution in [-0.2, 0) is 4.79 Å². The van der Waals surface area contributed by atoms with E-state index in [0.29, 0.717) is 28.3 Å². The molecule has 30 heavy (non-hydrogen) atoms. The molecule has 1 unspecified atom stereocenters. The molecule has 8 heteroatoms. The number of halogens is 1. The van der Waals surface area contributed by atoms with Crippen molar-refractivity contribution in [3.05, 3.63) is 58.6 Å². The third-order valence-electron chi connectivity index (χ3n) is 4.57. The van der Waals surface area contributed by atoms with Crippen LogP contribution in [0.25, 0.3) is 11.3 Å². The number of hydrogen-bond acceptors (Lipinski definition) is 6. The molecule has 0 fully saturated rings. The zero-order valence-corrected chi connectivity index (χ0v) is 19.3. The molecular formula is C22H21BrN4O2S. The van der Waals surface area contributed by atoms with Gasteiger partial charge in [-0.15, -0.1) is 10.2 Å². The van der Waals surface area contributed by atoms with Crippen molar-refractivity contribution in [1.29, 1.82) is 0 Å². The lowest BCUT2D eigenvalue weighted by Crippen LogP contribution is -2.36. The van der Waals surface area contributed by atoms with Crippen LogP contribution in [0, 0.1) is 5.92 Å². The van der Waals surface area contributed by atoms with Crippen LogP contribution in [0.15, 0.2) is 58.2 Å². The molecule has 1 aromatic heterocycles. The van der Waals surface area contributed by atoms with Gasteiger partial charge < -0.3 is 4.74 Å². The Labute approximate surface area is 188 Å². The number of amides is 1. The first-order chi connectivity index (χ1) is 14.5. The van der Waals surface area contributed by atoms with Crippen LogP contribution in [0.2, 0.25) is 0 Å². The molecule has 2 aromatic carbocycles. The van der Waals surface area contributed by atoms with Crippen LogP contribution in [0.5, 0.6) is 5.88 Å². The molecule has 0 radical (unpaired) electrons. The van der Waals surface area contributed by atoms with Crippen LogP contribution < -0.4 is 9.64 Å². The second kappa shape index (κ2) is 8.73. The maximum Gasteiger partial charge on any atom is 0.247 e. The van der Waals surface area contributed by atoms with Gasteiger partial charge in [0.2, 0.25) is 23.2 Å². The Hall–Kier alpha value is -2.45. The molecule has 0 bridgehead atoms. The Morgan fingerprint density at radius 3 is 2.63 bits per heavy atom. The second-order valence-electron chi connectivity index (χ2n) is 7.35. The average Bonchev–Trinajstić information content (AvgIpc) is 2.86. The molecule has 6 nitrogen and oxygen atoms in total. The molecule has 4 rings (SSSR count). The third kappa shape index (κ3) is 4.06. The van der Waals surface area contributed by atoms with Gasteiger partial charge in [-0.3, -0.25) is 9.69 Å². The Morgan fingerprint density at radius 1 is 1.17 bits per heavy atom. The van der Waals surface area contributed by atoms with E-state index in [-0.39, 0.29) is 5.91 Å². The van der Waals surface area contributed by atoms with Crippen molar-refractivity contribution in [2.45, 2.75) is 32.2 Å². The molecule has 154 valence electrons. The summed E-state index contributed by atoms with van der Waals surface area (Å²) in [5.41, 5.74) is 2.83. The first kappa shape index (κ1) is 20.8. The summed E-state index contributed by atoms with van der Waals surface area (Å²) < 4.78 is 7.22. The maximum atomic E-state index is 12.8. The summed E-state index contributed by atoms with van der Waals surface area (Å²) >= 11 is 5.14. The molecule has 0 saturated carbocycles. The summed E-state index contributed by atoms with van der Waals surface area (Å²) in [5, 5.41) is 9.29. The Bertz CT molecular complexity index is 1090. The molecule has 1 aliphatic rings. The number of rotatable bonds is 4. The Kier molecular flexibility index (Phi) is 6.06. The lowest BCUT2D eigenvalue weighted by atomic mass is 10.1. The van der Waals surface area contributed by atoms with Gasteiger partial charge in [0.15, 0.2) is 5.69 Å². The number of anilines is 1. The van der Waals surface area contributed by atoms with Crippen molar-refractivity contribution in [3.63, 3.8) is 0 Å². The Morgan fingerprint density at radius 2 is 1.90 bits per heavy atom. The topological polar surface area (TPSA) is 68.2 Å². The summed E-state index contributed by atoms with van der Waals surface area (Å²) in [5.74, 6) is 1.61. The lowest BCUT2D eigenvalue weighted by Gasteiger charge is -2.30. The zero-order valence-electron chi connectivity index (χ0n) is 16.9. The largest absolute Gasteiger partial charge is 0.447 e. The molecule has 0 saturated heterocycles. The molecule has 2 heterocycles. The van der Waals surface area contributed by atoms with Gasteiger partial charge in [-0.1, -0.05) is 77.9 Å². The van der Waals surface area contributed by atoms with E-state index in [4.69, 9.17) is 4.74 Å². The molecule has 1 atom stereocenters. The van der Waals surface area contributed by atoms with Crippen molar-refractivity contribution in [2.24, 2.45) is 5.92 Å². The minimum atomic E-state index is -0.694. The summed E-state index contributed by atoms with van der Waals surface area (Å²) in [7, 11) is 0. The average molecular weight is 485 g/mol. The normalized spacial score (nSPS) is 15.2. The van der Waals surface area contributed by atoms with Gasteiger partial charge in [0.1, 0.15) is 0 Å². The molecule has 0 aliphatic carbocycles. The van der Waals surface area contributed by atoms with Crippen LogP contribution in [0.1, 0.15) is 32.6 Å². The van der Waals surface area contributed by atoms with E-state index in [1.165, 1.54) is 6.92 Å². The van der Waals surface area contributed by atoms with E-state index >= 15 is 0 Å². The maximum absolute atomic E-state index is 12.8. The fraction of sp³-hybridized carbons (Fsp3) is 0.273. The van der Waals surface area contributed by atoms with Crippen molar-refractivity contribution >= 4 is 39.3 Å². The van der Waals surface area contributed by atoms with Gasteiger partial charge in [0.25, 0.3) is 0 Å². The number of fused-ring (bicyclic) bond motifs is 3. The van der Waals surface area contributed by atoms with Crippen LogP contribution in [0.3, 0.4) is 0 Å². The smallest absolute Gasteiger partial charge is 0.247 e. The van der Waals surface area contributed by atoms with Gasteiger partial charge in [0.05, 0.1) is 5.69 Å². The van der Waals surface area contributed by atoms with E-state index in [2.05, 4.69) is 45.0 Å². The standard InChI is InChI=1S/C22H21BrN4O2S/c1-13(2)12-30-22-24-20-19(25-26-22)16-9-5-7-11-18(16)27(14(3)28)21(29-20)15-8-4-6-10-17(15)23/h4-11,13,21H,12H2,1-3H3. The molecule has 0 spiro atoms. The summed E-state index contributed by atoms with van der Waals surface area (Å²) in [6.45, 7) is 5.82. The number of aromatic nitrogens is 3. The fourth-order valence-electron chi connectivity index (χ4n) is 3.23. The number of nitrogens with zero attached hydrogens (tertiary/aromatic N) is 4. The van der Waals surface area contributed by atoms with Crippen molar-refractivity contribution in [3.8, 4) is 17.1 Å². The predicted octanol–water partition coefficient (Wildman–Crippen LogP) is 5.49. The molecule has 3 aromatic rings. The summed E-state index contributed by atoms with van der Waals surface area (Å²) in [4.78, 5) is 19.1. The van der Waals surface area contributed by atoms with Crippen molar-refractivity contribution < 1.29 is 9.53 Å². The highest BCUT2D eigenvalue weighted by atomic mass is 79.9. The van der Waals surface area contributed by atoms with E-state index in [9.17, 15) is 4.79 Å². The number of benzene rings is 2. The minimum absolute atomic E-state index is 0.140. The fourth-order valence-corrected chi connectivity index (χ4v) is 4.44. The quantitative estimate of drug-likeness (QED) is 0.455. The zero-order chi connectivity index (χ0) is 21.3. The molecule has 0 N–H and O–H groups in total. The Balaban J connectivity index is 1.89. The van der Waals surface area contributed by atoms with E-state index in [0.717, 1.165) is 21.4 Å². The number of thioether (sulfide) groups is 1. The molecule has 1 aliphatic heterocycles. The van der Waals surface area contributed by atoms with Gasteiger partial charge in [-0.05, 0) is 18.1 Å². The van der Waals surface area contributed by atoms with Gasteiger partial charge in [-0.2, -0.15) is 4.98 Å². The number of carbonyl (C=O) groups is 1. The highest BCUT2D eigenvalue weighted by Gasteiger charge is 2.35. The minimum Gasteiger partial charge on any atom is -0.447 e. The third-order valence-corrected chi connectivity index (χ3v) is 6.55. The van der Waals surface area contributed by atoms with Crippen LogP contribution in [0.4, 0.5) is 5.69 Å². The highest BCUT2D eigenvalue weighted by Crippen LogP contribution is 2.44. The second-order valence-corrected chi connectivity index (χ2v) is 9.19. The lowest BCUT2D eigenvalue weighted by molar-refractivity contribution is -0.118. The first-order valence-corrected chi connectivity index (χ1v) is 11.4. The predicted molar refractivity (Wildman–Crippen MR) is 121 cm³/mol. The highest BCUT2D eigenvalue weighted by molar-refractivity contribution is 9.10. The SMILES string of the molecule is CC(=O)N1c2ccccc2-c2nnc(SCC(C)C)nc2OC1c1ccccc1Br. The number of carbonyl (C=O) groups excluding carboxylic acids is 1. The first-order valence-electron chi connectivity index (χ1n) is 9.63. The summed E-state index contributed by atoms with van der Waals surface area (Å²) in [6.07, 6.45) is -0.694. The van der Waals surface area contributed by atoms with Crippen LogP contribution in [-0.4, -0.2) is 26.8 Å². The van der Waals surface area contributed by atoms with E-state index in [1.54, 1.807) is 16.7 Å². The van der Waals surface area contributed by atoms with Gasteiger partial charge in [0, 0.05) is 28.3 Å².